The van der Waals surface area contributed by atoms with Crippen LogP contribution in [0.1, 0.15) is 52.5 Å². The van der Waals surface area contributed by atoms with Crippen LogP contribution < -0.4 is 0 Å². The highest BCUT2D eigenvalue weighted by atomic mass is 16.5. The highest BCUT2D eigenvalue weighted by Crippen LogP contribution is 2.54. The summed E-state index contributed by atoms with van der Waals surface area (Å²) < 4.78 is 6.10. The fraction of sp³-hybridized carbons (Fsp3) is 0.542. The zero-order valence-corrected chi connectivity index (χ0v) is 16.9. The number of carbonyl (C=O) groups excluding carboxylic acids is 1. The Balaban J connectivity index is 1.86. The number of allylic oxidation sites excluding steroid dienone is 1. The highest BCUT2D eigenvalue weighted by molar-refractivity contribution is 5.87. The largest absolute Gasteiger partial charge is 0.458 e. The van der Waals surface area contributed by atoms with Crippen molar-refractivity contribution in [2.75, 3.05) is 0 Å². The first-order chi connectivity index (χ1) is 12.8. The minimum Gasteiger partial charge on any atom is -0.458 e. The Morgan fingerprint density at radius 1 is 1.26 bits per heavy atom. The molecule has 146 valence electrons. The minimum absolute atomic E-state index is 0.213. The quantitative estimate of drug-likeness (QED) is 0.461. The number of benzene rings is 1. The third-order valence-electron chi connectivity index (χ3n) is 6.78. The van der Waals surface area contributed by atoms with Gasteiger partial charge in [-0.25, -0.2) is 4.79 Å². The number of hydrogen-bond donors (Lipinski definition) is 1. The summed E-state index contributed by atoms with van der Waals surface area (Å²) in [4.78, 5) is 12.7. The van der Waals surface area contributed by atoms with E-state index in [1.165, 1.54) is 6.08 Å². The standard InChI is InChI=1S/C24H32O3/c1-16(2)19-12-13-20-21(25)14-10-17(3)24(20,4)23(19)27-22(26)15-11-18-8-6-5-7-9-18/h5-9,11,13,15-17,19,21,23,25H,10,12,14H2,1-4H3/b15-11+/t17-,19-,21+,23+,24+/m0/s1. The Hall–Kier alpha value is -1.87. The lowest BCUT2D eigenvalue weighted by atomic mass is 9.55. The summed E-state index contributed by atoms with van der Waals surface area (Å²) >= 11 is 0. The van der Waals surface area contributed by atoms with Crippen molar-refractivity contribution in [2.45, 2.75) is 59.2 Å². The summed E-state index contributed by atoms with van der Waals surface area (Å²) in [5.41, 5.74) is 1.75. The fourth-order valence-electron chi connectivity index (χ4n) is 4.86. The highest BCUT2D eigenvalue weighted by Gasteiger charge is 2.53. The van der Waals surface area contributed by atoms with Gasteiger partial charge in [-0.3, -0.25) is 0 Å². The van der Waals surface area contributed by atoms with Crippen molar-refractivity contribution in [1.82, 2.24) is 0 Å². The molecular weight excluding hydrogens is 336 g/mol. The van der Waals surface area contributed by atoms with E-state index in [0.717, 1.165) is 30.4 Å². The smallest absolute Gasteiger partial charge is 0.331 e. The van der Waals surface area contributed by atoms with Gasteiger partial charge in [0.2, 0.25) is 0 Å². The molecule has 27 heavy (non-hydrogen) atoms. The number of carbonyl (C=O) groups is 1. The van der Waals surface area contributed by atoms with Crippen molar-refractivity contribution in [3.63, 3.8) is 0 Å². The van der Waals surface area contributed by atoms with E-state index in [-0.39, 0.29) is 23.4 Å². The van der Waals surface area contributed by atoms with Gasteiger partial charge in [0, 0.05) is 17.4 Å². The number of aliphatic hydroxyl groups is 1. The molecule has 3 nitrogen and oxygen atoms in total. The van der Waals surface area contributed by atoms with Crippen LogP contribution >= 0.6 is 0 Å². The minimum atomic E-state index is -0.416. The van der Waals surface area contributed by atoms with Gasteiger partial charge in [0.1, 0.15) is 6.10 Å². The van der Waals surface area contributed by atoms with Gasteiger partial charge in [-0.15, -0.1) is 0 Å². The Kier molecular flexibility index (Phi) is 5.90. The van der Waals surface area contributed by atoms with Gasteiger partial charge in [0.25, 0.3) is 0 Å². The monoisotopic (exact) mass is 368 g/mol. The van der Waals surface area contributed by atoms with Gasteiger partial charge in [-0.1, -0.05) is 64.1 Å². The Bertz CT molecular complexity index is 718. The van der Waals surface area contributed by atoms with Crippen molar-refractivity contribution >= 4 is 12.0 Å². The summed E-state index contributed by atoms with van der Waals surface area (Å²) in [5.74, 6) is 0.733. The molecule has 3 heteroatoms. The summed E-state index contributed by atoms with van der Waals surface area (Å²) in [7, 11) is 0. The number of hydrogen-bond acceptors (Lipinski definition) is 3. The zero-order chi connectivity index (χ0) is 19.6. The van der Waals surface area contributed by atoms with Gasteiger partial charge < -0.3 is 9.84 Å². The second kappa shape index (κ2) is 8.02. The fourth-order valence-corrected chi connectivity index (χ4v) is 4.86. The maximum Gasteiger partial charge on any atom is 0.331 e. The summed E-state index contributed by atoms with van der Waals surface area (Å²) in [6.45, 7) is 8.79. The molecule has 5 atom stereocenters. The molecular formula is C24H32O3. The predicted molar refractivity (Wildman–Crippen MR) is 109 cm³/mol. The zero-order valence-electron chi connectivity index (χ0n) is 16.9. The maximum absolute atomic E-state index is 12.7. The molecule has 0 heterocycles. The SMILES string of the molecule is CC(C)[C@@H]1CC=C2[C@H](O)CC[C@H](C)[C@@]2(C)[C@@H]1OC(=O)/C=C/c1ccccc1. The molecule has 1 saturated carbocycles. The molecule has 0 spiro atoms. The van der Waals surface area contributed by atoms with Crippen molar-refractivity contribution in [2.24, 2.45) is 23.2 Å². The molecule has 1 aromatic carbocycles. The van der Waals surface area contributed by atoms with Crippen LogP contribution in [-0.4, -0.2) is 23.3 Å². The molecule has 1 fully saturated rings. The topological polar surface area (TPSA) is 46.5 Å². The second-order valence-electron chi connectivity index (χ2n) is 8.68. The number of esters is 1. The van der Waals surface area contributed by atoms with Crippen LogP contribution in [0.25, 0.3) is 6.08 Å². The Morgan fingerprint density at radius 3 is 2.63 bits per heavy atom. The number of rotatable bonds is 4. The van der Waals surface area contributed by atoms with E-state index in [1.54, 1.807) is 6.08 Å². The van der Waals surface area contributed by atoms with Gasteiger partial charge in [-0.2, -0.15) is 0 Å². The summed E-state index contributed by atoms with van der Waals surface area (Å²) in [6, 6.07) is 9.77. The van der Waals surface area contributed by atoms with Crippen LogP contribution in [0.2, 0.25) is 0 Å². The predicted octanol–water partition coefficient (Wildman–Crippen LogP) is 5.01. The van der Waals surface area contributed by atoms with Crippen LogP contribution in [0.15, 0.2) is 48.1 Å². The lowest BCUT2D eigenvalue weighted by Gasteiger charge is -2.53. The van der Waals surface area contributed by atoms with E-state index < -0.39 is 6.10 Å². The number of ether oxygens (including phenoxy) is 1. The average Bonchev–Trinajstić information content (AvgIpc) is 2.65. The van der Waals surface area contributed by atoms with Gasteiger partial charge >= 0.3 is 5.97 Å². The maximum atomic E-state index is 12.7. The van der Waals surface area contributed by atoms with Crippen LogP contribution in [0.3, 0.4) is 0 Å². The average molecular weight is 369 g/mol. The van der Waals surface area contributed by atoms with E-state index in [1.807, 2.05) is 30.3 Å². The normalized spacial score (nSPS) is 33.6. The number of aliphatic hydroxyl groups excluding tert-OH is 1. The molecule has 0 aliphatic heterocycles. The van der Waals surface area contributed by atoms with Gasteiger partial charge in [-0.05, 0) is 48.3 Å². The first-order valence-electron chi connectivity index (χ1n) is 10.2. The van der Waals surface area contributed by atoms with Crippen LogP contribution in [0.5, 0.6) is 0 Å². The first-order valence-corrected chi connectivity index (χ1v) is 10.2. The molecule has 0 aromatic heterocycles. The Morgan fingerprint density at radius 2 is 1.96 bits per heavy atom. The van der Waals surface area contributed by atoms with E-state index in [2.05, 4.69) is 33.8 Å². The third kappa shape index (κ3) is 3.89. The molecule has 1 N–H and O–H groups in total. The molecule has 0 saturated heterocycles. The van der Waals surface area contributed by atoms with Gasteiger partial charge in [0.15, 0.2) is 0 Å². The molecule has 1 aromatic rings. The van der Waals surface area contributed by atoms with E-state index in [0.29, 0.717) is 11.8 Å². The molecule has 2 aliphatic carbocycles. The second-order valence-corrected chi connectivity index (χ2v) is 8.68. The van der Waals surface area contributed by atoms with Crippen molar-refractivity contribution in [3.8, 4) is 0 Å². The van der Waals surface area contributed by atoms with Crippen LogP contribution in [0.4, 0.5) is 0 Å². The van der Waals surface area contributed by atoms with Crippen LogP contribution in [0, 0.1) is 23.2 Å². The molecule has 0 bridgehead atoms. The van der Waals surface area contributed by atoms with Gasteiger partial charge in [0.05, 0.1) is 6.10 Å². The first kappa shape index (κ1) is 19.9. The Labute approximate surface area is 163 Å². The molecule has 0 unspecified atom stereocenters. The molecule has 0 amide bonds. The summed E-state index contributed by atoms with van der Waals surface area (Å²) in [5, 5.41) is 10.6. The van der Waals surface area contributed by atoms with Crippen molar-refractivity contribution < 1.29 is 14.6 Å². The van der Waals surface area contributed by atoms with E-state index >= 15 is 0 Å². The van der Waals surface area contributed by atoms with Crippen molar-refractivity contribution in [1.29, 1.82) is 0 Å². The lowest BCUT2D eigenvalue weighted by Crippen LogP contribution is -2.54. The molecule has 3 rings (SSSR count). The third-order valence-corrected chi connectivity index (χ3v) is 6.78. The molecule has 2 aliphatic rings. The van der Waals surface area contributed by atoms with E-state index in [9.17, 15) is 9.90 Å². The van der Waals surface area contributed by atoms with Crippen molar-refractivity contribution in [3.05, 3.63) is 53.6 Å². The summed E-state index contributed by atoms with van der Waals surface area (Å²) in [6.07, 6.45) is 7.51. The molecule has 0 radical (unpaired) electrons. The van der Waals surface area contributed by atoms with Crippen LogP contribution in [-0.2, 0) is 9.53 Å². The lowest BCUT2D eigenvalue weighted by molar-refractivity contribution is -0.161. The number of fused-ring (bicyclic) bond motifs is 1. The van der Waals surface area contributed by atoms with E-state index in [4.69, 9.17) is 4.74 Å².